The lowest BCUT2D eigenvalue weighted by Gasteiger charge is -2.16. The van der Waals surface area contributed by atoms with Crippen LogP contribution in [0.1, 0.15) is 5.56 Å². The Morgan fingerprint density at radius 1 is 0.955 bits per heavy atom. The second-order valence-corrected chi connectivity index (χ2v) is 5.71. The lowest BCUT2D eigenvalue weighted by atomic mass is 10.1. The van der Waals surface area contributed by atoms with Crippen molar-refractivity contribution >= 4 is 39.6 Å². The van der Waals surface area contributed by atoms with Crippen LogP contribution in [0.3, 0.4) is 0 Å². The molecular weight excluding hydrogens is 360 g/mol. The first-order valence-corrected chi connectivity index (χ1v) is 7.80. The number of thioether (sulfide) groups is 1. The third-order valence-electron chi connectivity index (χ3n) is 3.50. The summed E-state index contributed by atoms with van der Waals surface area (Å²) >= 11 is 1.71. The van der Waals surface area contributed by atoms with Crippen molar-refractivity contribution < 1.29 is 4.74 Å². The molecule has 0 unspecified atom stereocenters. The SMILES string of the molecule is Br.C1=C(c2ccc(Oc3ccccc3)cc2)N2CCN=C2S1. The fourth-order valence-electron chi connectivity index (χ4n) is 2.47. The maximum Gasteiger partial charge on any atom is 0.168 e. The lowest BCUT2D eigenvalue weighted by Crippen LogP contribution is -2.19. The van der Waals surface area contributed by atoms with Crippen molar-refractivity contribution in [3.8, 4) is 11.5 Å². The van der Waals surface area contributed by atoms with Gasteiger partial charge in [-0.05, 0) is 42.0 Å². The van der Waals surface area contributed by atoms with Gasteiger partial charge in [-0.3, -0.25) is 4.99 Å². The molecule has 0 atom stereocenters. The van der Waals surface area contributed by atoms with Gasteiger partial charge < -0.3 is 9.64 Å². The zero-order chi connectivity index (χ0) is 14.1. The average Bonchev–Trinajstić information content (AvgIpc) is 3.12. The van der Waals surface area contributed by atoms with Crippen molar-refractivity contribution in [1.82, 2.24) is 4.90 Å². The Kier molecular flexibility index (Phi) is 4.55. The molecule has 0 N–H and O–H groups in total. The summed E-state index contributed by atoms with van der Waals surface area (Å²) < 4.78 is 5.82. The van der Waals surface area contributed by atoms with Gasteiger partial charge in [-0.1, -0.05) is 30.0 Å². The highest BCUT2D eigenvalue weighted by atomic mass is 79.9. The van der Waals surface area contributed by atoms with Crippen molar-refractivity contribution in [3.63, 3.8) is 0 Å². The summed E-state index contributed by atoms with van der Waals surface area (Å²) in [7, 11) is 0. The minimum absolute atomic E-state index is 0. The molecule has 2 aromatic carbocycles. The summed E-state index contributed by atoms with van der Waals surface area (Å²) in [5, 5.41) is 3.29. The molecule has 4 rings (SSSR count). The number of hydrogen-bond acceptors (Lipinski definition) is 4. The van der Waals surface area contributed by atoms with Gasteiger partial charge in [0.05, 0.1) is 12.2 Å². The number of nitrogens with zero attached hydrogens (tertiary/aromatic N) is 2. The molecule has 0 radical (unpaired) electrons. The summed E-state index contributed by atoms with van der Waals surface area (Å²) in [6.45, 7) is 1.88. The van der Waals surface area contributed by atoms with Gasteiger partial charge in [0.2, 0.25) is 0 Å². The van der Waals surface area contributed by atoms with E-state index >= 15 is 0 Å². The van der Waals surface area contributed by atoms with E-state index < -0.39 is 0 Å². The molecule has 0 aliphatic carbocycles. The highest BCUT2D eigenvalue weighted by Gasteiger charge is 2.26. The molecule has 2 aromatic rings. The van der Waals surface area contributed by atoms with E-state index in [1.807, 2.05) is 42.5 Å². The van der Waals surface area contributed by atoms with Crippen LogP contribution in [0.25, 0.3) is 5.70 Å². The van der Waals surface area contributed by atoms with Crippen LogP contribution in [0, 0.1) is 0 Å². The van der Waals surface area contributed by atoms with E-state index in [9.17, 15) is 0 Å². The molecule has 22 heavy (non-hydrogen) atoms. The van der Waals surface area contributed by atoms with Crippen LogP contribution >= 0.6 is 28.7 Å². The number of aliphatic imine (C=N–C) groups is 1. The van der Waals surface area contributed by atoms with Crippen molar-refractivity contribution in [3.05, 3.63) is 65.6 Å². The summed E-state index contributed by atoms with van der Waals surface area (Å²) in [5.41, 5.74) is 2.44. The van der Waals surface area contributed by atoms with Crippen LogP contribution in [-0.2, 0) is 0 Å². The highest BCUT2D eigenvalue weighted by molar-refractivity contribution is 8.93. The standard InChI is InChI=1S/C17H14N2OS.BrH/c1-2-4-14(5-3-1)20-15-8-6-13(7-9-15)16-12-21-17-18-10-11-19(16)17;/h1-9,12H,10-11H2;1H. The Labute approximate surface area is 144 Å². The summed E-state index contributed by atoms with van der Waals surface area (Å²) in [5.74, 6) is 1.71. The van der Waals surface area contributed by atoms with E-state index in [2.05, 4.69) is 27.4 Å². The lowest BCUT2D eigenvalue weighted by molar-refractivity contribution is 0.482. The molecule has 5 heteroatoms. The van der Waals surface area contributed by atoms with E-state index in [0.29, 0.717) is 0 Å². The molecule has 2 heterocycles. The zero-order valence-corrected chi connectivity index (χ0v) is 14.3. The normalized spacial score (nSPS) is 15.7. The molecule has 2 aliphatic heterocycles. The molecule has 2 aliphatic rings. The molecule has 112 valence electrons. The first-order valence-electron chi connectivity index (χ1n) is 6.92. The number of benzene rings is 2. The summed E-state index contributed by atoms with van der Waals surface area (Å²) in [4.78, 5) is 6.75. The number of amidine groups is 1. The molecule has 0 aromatic heterocycles. The first-order chi connectivity index (χ1) is 10.4. The van der Waals surface area contributed by atoms with Gasteiger partial charge in [-0.2, -0.15) is 0 Å². The maximum absolute atomic E-state index is 5.82. The minimum Gasteiger partial charge on any atom is -0.457 e. The van der Waals surface area contributed by atoms with Crippen molar-refractivity contribution in [2.24, 2.45) is 4.99 Å². The second kappa shape index (κ2) is 6.58. The van der Waals surface area contributed by atoms with Gasteiger partial charge in [0.25, 0.3) is 0 Å². The predicted molar refractivity (Wildman–Crippen MR) is 97.9 cm³/mol. The van der Waals surface area contributed by atoms with Crippen LogP contribution in [0.2, 0.25) is 0 Å². The van der Waals surface area contributed by atoms with E-state index in [1.165, 1.54) is 11.3 Å². The Bertz CT molecular complexity index is 713. The topological polar surface area (TPSA) is 24.8 Å². The van der Waals surface area contributed by atoms with Gasteiger partial charge in [-0.25, -0.2) is 0 Å². The third-order valence-corrected chi connectivity index (χ3v) is 4.40. The second-order valence-electron chi connectivity index (χ2n) is 4.88. The monoisotopic (exact) mass is 374 g/mol. The number of rotatable bonds is 3. The predicted octanol–water partition coefficient (Wildman–Crippen LogP) is 4.77. The number of fused-ring (bicyclic) bond motifs is 1. The Morgan fingerprint density at radius 3 is 2.45 bits per heavy atom. The molecule has 3 nitrogen and oxygen atoms in total. The summed E-state index contributed by atoms with van der Waals surface area (Å²) in [6.07, 6.45) is 0. The molecule has 0 fully saturated rings. The number of ether oxygens (including phenoxy) is 1. The first kappa shape index (κ1) is 15.2. The third kappa shape index (κ3) is 2.91. The van der Waals surface area contributed by atoms with Crippen molar-refractivity contribution in [2.45, 2.75) is 0 Å². The van der Waals surface area contributed by atoms with Crippen LogP contribution in [-0.4, -0.2) is 23.2 Å². The Morgan fingerprint density at radius 2 is 1.68 bits per heavy atom. The van der Waals surface area contributed by atoms with Gasteiger partial charge in [-0.15, -0.1) is 17.0 Å². The molecule has 0 amide bonds. The van der Waals surface area contributed by atoms with E-state index in [0.717, 1.165) is 29.8 Å². The van der Waals surface area contributed by atoms with Gasteiger partial charge >= 0.3 is 0 Å². The number of para-hydroxylation sites is 1. The quantitative estimate of drug-likeness (QED) is 0.772. The molecule has 0 bridgehead atoms. The number of halogens is 1. The van der Waals surface area contributed by atoms with Crippen LogP contribution in [0.15, 0.2) is 65.0 Å². The van der Waals surface area contributed by atoms with Gasteiger partial charge in [0.1, 0.15) is 11.5 Å². The molecule has 0 saturated heterocycles. The smallest absolute Gasteiger partial charge is 0.168 e. The largest absolute Gasteiger partial charge is 0.457 e. The van der Waals surface area contributed by atoms with E-state index in [-0.39, 0.29) is 17.0 Å². The van der Waals surface area contributed by atoms with Crippen molar-refractivity contribution in [2.75, 3.05) is 13.1 Å². The minimum atomic E-state index is 0. The van der Waals surface area contributed by atoms with Crippen LogP contribution in [0.5, 0.6) is 11.5 Å². The Hall–Kier alpha value is -1.72. The van der Waals surface area contributed by atoms with Crippen LogP contribution < -0.4 is 4.74 Å². The van der Waals surface area contributed by atoms with Crippen LogP contribution in [0.4, 0.5) is 0 Å². The van der Waals surface area contributed by atoms with Gasteiger partial charge in [0, 0.05) is 12.0 Å². The molecule has 0 saturated carbocycles. The Balaban J connectivity index is 0.00000144. The zero-order valence-electron chi connectivity index (χ0n) is 11.8. The van der Waals surface area contributed by atoms with Gasteiger partial charge in [0.15, 0.2) is 5.17 Å². The number of hydrogen-bond donors (Lipinski definition) is 0. The fourth-order valence-corrected chi connectivity index (χ4v) is 3.43. The maximum atomic E-state index is 5.82. The molecule has 0 spiro atoms. The summed E-state index contributed by atoms with van der Waals surface area (Å²) in [6, 6.07) is 18.1. The van der Waals surface area contributed by atoms with Crippen molar-refractivity contribution in [1.29, 1.82) is 0 Å². The molecular formula is C17H15BrN2OS. The average molecular weight is 375 g/mol. The van der Waals surface area contributed by atoms with E-state index in [4.69, 9.17) is 4.74 Å². The fraction of sp³-hybridized carbons (Fsp3) is 0.118. The van der Waals surface area contributed by atoms with E-state index in [1.54, 1.807) is 11.8 Å². The highest BCUT2D eigenvalue weighted by Crippen LogP contribution is 2.35.